The van der Waals surface area contributed by atoms with Crippen molar-refractivity contribution in [3.05, 3.63) is 22.5 Å². The predicted octanol–water partition coefficient (Wildman–Crippen LogP) is 2.15. The summed E-state index contributed by atoms with van der Waals surface area (Å²) < 4.78 is 2.01. The highest BCUT2D eigenvalue weighted by Gasteiger charge is 2.20. The van der Waals surface area contributed by atoms with Crippen LogP contribution in [-0.2, 0) is 19.5 Å². The summed E-state index contributed by atoms with van der Waals surface area (Å²) in [5.74, 6) is 0. The smallest absolute Gasteiger partial charge is 0.208 e. The maximum absolute atomic E-state index is 9.68. The van der Waals surface area contributed by atoms with Gasteiger partial charge in [-0.25, -0.2) is 0 Å². The molecular weight excluding hydrogens is 286 g/mol. The van der Waals surface area contributed by atoms with Gasteiger partial charge in [0.1, 0.15) is 5.01 Å². The van der Waals surface area contributed by atoms with Gasteiger partial charge in [0.05, 0.1) is 24.0 Å². The van der Waals surface area contributed by atoms with E-state index in [0.717, 1.165) is 60.4 Å². The van der Waals surface area contributed by atoms with E-state index in [2.05, 4.69) is 27.1 Å². The highest BCUT2D eigenvalue weighted by atomic mass is 32.1. The van der Waals surface area contributed by atoms with Crippen molar-refractivity contribution in [3.63, 3.8) is 0 Å². The van der Waals surface area contributed by atoms with Crippen LogP contribution in [0.15, 0.2) is 6.07 Å². The number of hydrogen-bond donors (Lipinski definition) is 1. The fourth-order valence-electron chi connectivity index (χ4n) is 2.54. The van der Waals surface area contributed by atoms with Gasteiger partial charge in [0, 0.05) is 19.5 Å². The molecule has 0 fully saturated rings. The first-order valence-corrected chi connectivity index (χ1v) is 8.31. The van der Waals surface area contributed by atoms with Gasteiger partial charge in [0.25, 0.3) is 0 Å². The zero-order valence-electron chi connectivity index (χ0n) is 12.5. The first-order valence-electron chi connectivity index (χ1n) is 7.49. The molecule has 1 aliphatic rings. The molecule has 0 aromatic carbocycles. The molecule has 3 heterocycles. The van der Waals surface area contributed by atoms with Crippen molar-refractivity contribution < 1.29 is 5.11 Å². The van der Waals surface area contributed by atoms with E-state index in [9.17, 15) is 5.11 Å². The maximum atomic E-state index is 9.68. The van der Waals surface area contributed by atoms with Crippen LogP contribution in [0.1, 0.15) is 49.2 Å². The quantitative estimate of drug-likeness (QED) is 0.937. The number of aliphatic hydroxyl groups is 1. The van der Waals surface area contributed by atoms with Gasteiger partial charge in [-0.15, -0.1) is 10.2 Å². The topological polar surface area (TPSA) is 67.1 Å². The summed E-state index contributed by atoms with van der Waals surface area (Å²) in [6.07, 6.45) is 2.60. The van der Waals surface area contributed by atoms with Crippen molar-refractivity contribution in [2.45, 2.75) is 52.3 Å². The van der Waals surface area contributed by atoms with Crippen LogP contribution < -0.4 is 4.90 Å². The number of fused-ring (bicyclic) bond motifs is 1. The Morgan fingerprint density at radius 1 is 1.38 bits per heavy atom. The minimum absolute atomic E-state index is 0.518. The Labute approximate surface area is 128 Å². The van der Waals surface area contributed by atoms with Crippen LogP contribution in [0, 0.1) is 0 Å². The Hall–Kier alpha value is -1.47. The number of aromatic nitrogens is 4. The molecule has 1 atom stereocenters. The summed E-state index contributed by atoms with van der Waals surface area (Å²) in [5.41, 5.74) is 1.88. The minimum atomic E-state index is -0.518. The Morgan fingerprint density at radius 2 is 2.24 bits per heavy atom. The number of hydrogen-bond acceptors (Lipinski definition) is 6. The molecule has 0 aliphatic carbocycles. The van der Waals surface area contributed by atoms with Crippen LogP contribution >= 0.6 is 11.3 Å². The van der Waals surface area contributed by atoms with E-state index in [1.165, 1.54) is 0 Å². The zero-order chi connectivity index (χ0) is 14.8. The molecular formula is C14H21N5OS. The molecule has 114 valence electrons. The average Bonchev–Trinajstić information content (AvgIpc) is 3.02. The van der Waals surface area contributed by atoms with Crippen LogP contribution in [0.5, 0.6) is 0 Å². The van der Waals surface area contributed by atoms with Crippen molar-refractivity contribution in [1.82, 2.24) is 20.0 Å². The standard InChI is InChI=1S/C14H21N5OS/c1-3-5-13-15-16-14(21-13)18-6-4-7-19-11(9-18)8-12(17-19)10(2)20/h8,10,20H,3-7,9H2,1-2H3. The second kappa shape index (κ2) is 6.11. The lowest BCUT2D eigenvalue weighted by Crippen LogP contribution is -2.22. The van der Waals surface area contributed by atoms with Crippen molar-refractivity contribution in [3.8, 4) is 0 Å². The Kier molecular flexibility index (Phi) is 4.21. The molecule has 6 nitrogen and oxygen atoms in total. The lowest BCUT2D eigenvalue weighted by Gasteiger charge is -2.17. The number of rotatable bonds is 4. The van der Waals surface area contributed by atoms with Crippen molar-refractivity contribution in [1.29, 1.82) is 0 Å². The molecule has 2 aromatic rings. The molecule has 7 heteroatoms. The van der Waals surface area contributed by atoms with Gasteiger partial charge in [-0.3, -0.25) is 4.68 Å². The zero-order valence-corrected chi connectivity index (χ0v) is 13.3. The van der Waals surface area contributed by atoms with Crippen LogP contribution in [0.3, 0.4) is 0 Å². The highest BCUT2D eigenvalue weighted by molar-refractivity contribution is 7.15. The molecule has 2 aromatic heterocycles. The summed E-state index contributed by atoms with van der Waals surface area (Å²) >= 11 is 1.69. The summed E-state index contributed by atoms with van der Waals surface area (Å²) in [6, 6.07) is 2.00. The third-order valence-electron chi connectivity index (χ3n) is 3.65. The summed E-state index contributed by atoms with van der Waals surface area (Å²) in [7, 11) is 0. The average molecular weight is 307 g/mol. The monoisotopic (exact) mass is 307 g/mol. The first-order chi connectivity index (χ1) is 10.2. The van der Waals surface area contributed by atoms with Gasteiger partial charge in [-0.2, -0.15) is 5.10 Å². The van der Waals surface area contributed by atoms with Gasteiger partial charge in [-0.05, 0) is 25.8 Å². The van der Waals surface area contributed by atoms with E-state index in [1.54, 1.807) is 18.3 Å². The van der Waals surface area contributed by atoms with E-state index in [0.29, 0.717) is 0 Å². The van der Waals surface area contributed by atoms with E-state index in [-0.39, 0.29) is 0 Å². The van der Waals surface area contributed by atoms with Crippen LogP contribution in [0.4, 0.5) is 5.13 Å². The fourth-order valence-corrected chi connectivity index (χ4v) is 3.50. The number of anilines is 1. The lowest BCUT2D eigenvalue weighted by atomic mass is 10.2. The number of nitrogens with zero attached hydrogens (tertiary/aromatic N) is 5. The third-order valence-corrected chi connectivity index (χ3v) is 4.70. The third kappa shape index (κ3) is 3.08. The molecule has 0 bridgehead atoms. The molecule has 0 saturated carbocycles. The minimum Gasteiger partial charge on any atom is -0.387 e. The van der Waals surface area contributed by atoms with Crippen molar-refractivity contribution >= 4 is 16.5 Å². The molecule has 0 amide bonds. The first kappa shape index (κ1) is 14.5. The van der Waals surface area contributed by atoms with E-state index in [4.69, 9.17) is 0 Å². The Bertz CT molecular complexity index is 606. The highest BCUT2D eigenvalue weighted by Crippen LogP contribution is 2.26. The molecule has 0 radical (unpaired) electrons. The van der Waals surface area contributed by atoms with Gasteiger partial charge < -0.3 is 10.0 Å². The lowest BCUT2D eigenvalue weighted by molar-refractivity contribution is 0.193. The molecule has 1 aliphatic heterocycles. The van der Waals surface area contributed by atoms with Crippen LogP contribution in [-0.4, -0.2) is 31.6 Å². The summed E-state index contributed by atoms with van der Waals surface area (Å²) in [6.45, 7) is 6.54. The molecule has 0 saturated heterocycles. The van der Waals surface area contributed by atoms with Crippen molar-refractivity contribution in [2.24, 2.45) is 0 Å². The molecule has 1 N–H and O–H groups in total. The molecule has 21 heavy (non-hydrogen) atoms. The molecule has 1 unspecified atom stereocenters. The second-order valence-corrected chi connectivity index (χ2v) is 6.50. The molecule has 3 rings (SSSR count). The second-order valence-electron chi connectivity index (χ2n) is 5.46. The predicted molar refractivity (Wildman–Crippen MR) is 82.4 cm³/mol. The summed E-state index contributed by atoms with van der Waals surface area (Å²) in [5, 5.41) is 24.9. The summed E-state index contributed by atoms with van der Waals surface area (Å²) in [4.78, 5) is 2.27. The maximum Gasteiger partial charge on any atom is 0.208 e. The largest absolute Gasteiger partial charge is 0.387 e. The van der Waals surface area contributed by atoms with E-state index >= 15 is 0 Å². The SMILES string of the molecule is CCCc1nnc(N2CCCn3nc(C(C)O)cc3C2)s1. The van der Waals surface area contributed by atoms with E-state index < -0.39 is 6.10 Å². The van der Waals surface area contributed by atoms with E-state index in [1.807, 2.05) is 10.7 Å². The van der Waals surface area contributed by atoms with Crippen LogP contribution in [0.25, 0.3) is 0 Å². The number of aryl methyl sites for hydroxylation is 2. The molecule has 0 spiro atoms. The van der Waals surface area contributed by atoms with Gasteiger partial charge in [-0.1, -0.05) is 18.3 Å². The Morgan fingerprint density at radius 3 is 3.00 bits per heavy atom. The number of aliphatic hydroxyl groups excluding tert-OH is 1. The fraction of sp³-hybridized carbons (Fsp3) is 0.643. The normalized spacial score (nSPS) is 16.6. The van der Waals surface area contributed by atoms with Gasteiger partial charge in [0.15, 0.2) is 0 Å². The Balaban J connectivity index is 1.80. The van der Waals surface area contributed by atoms with Crippen molar-refractivity contribution in [2.75, 3.05) is 11.4 Å². The van der Waals surface area contributed by atoms with Crippen LogP contribution in [0.2, 0.25) is 0 Å². The van der Waals surface area contributed by atoms with Gasteiger partial charge in [0.2, 0.25) is 5.13 Å². The van der Waals surface area contributed by atoms with Gasteiger partial charge >= 0.3 is 0 Å².